The van der Waals surface area contributed by atoms with E-state index in [0.29, 0.717) is 18.2 Å². The molecule has 182 valence electrons. The first-order valence-electron chi connectivity index (χ1n) is 12.0. The highest BCUT2D eigenvalue weighted by atomic mass is 16.6. The van der Waals surface area contributed by atoms with Gasteiger partial charge in [-0.15, -0.1) is 0 Å². The second-order valence-corrected chi connectivity index (χ2v) is 12.6. The van der Waals surface area contributed by atoms with Gasteiger partial charge in [0, 0.05) is 41.2 Å². The third-order valence-electron chi connectivity index (χ3n) is 6.39. The molecule has 6 heteroatoms. The van der Waals surface area contributed by atoms with Crippen molar-refractivity contribution in [1.82, 2.24) is 21.4 Å². The molecule has 0 aromatic heterocycles. The fourth-order valence-corrected chi connectivity index (χ4v) is 6.14. The van der Waals surface area contributed by atoms with Gasteiger partial charge >= 0.3 is 0 Å². The summed E-state index contributed by atoms with van der Waals surface area (Å²) in [5.41, 5.74) is 5.07. The van der Waals surface area contributed by atoms with E-state index in [1.165, 1.54) is 0 Å². The van der Waals surface area contributed by atoms with E-state index in [1.807, 2.05) is 24.3 Å². The van der Waals surface area contributed by atoms with Gasteiger partial charge in [0.05, 0.1) is 6.61 Å². The first-order valence-corrected chi connectivity index (χ1v) is 12.0. The lowest BCUT2D eigenvalue weighted by Crippen LogP contribution is -2.62. The number of carbonyl (C=O) groups excluding carboxylic acids is 1. The third kappa shape index (κ3) is 7.27. The molecule has 2 aliphatic heterocycles. The van der Waals surface area contributed by atoms with Crippen LogP contribution in [0.4, 0.5) is 0 Å². The first-order chi connectivity index (χ1) is 14.6. The topological polar surface area (TPSA) is 74.4 Å². The quantitative estimate of drug-likeness (QED) is 0.490. The molecule has 0 saturated carbocycles. The number of benzene rings is 1. The molecule has 0 aliphatic carbocycles. The molecule has 1 aromatic rings. The monoisotopic (exact) mass is 446 g/mol. The minimum absolute atomic E-state index is 0. The van der Waals surface area contributed by atoms with E-state index in [4.69, 9.17) is 4.84 Å². The van der Waals surface area contributed by atoms with Crippen molar-refractivity contribution >= 4 is 5.91 Å². The summed E-state index contributed by atoms with van der Waals surface area (Å²) >= 11 is 0. The lowest BCUT2D eigenvalue weighted by atomic mass is 9.79. The van der Waals surface area contributed by atoms with Gasteiger partial charge < -0.3 is 16.0 Å². The van der Waals surface area contributed by atoms with Gasteiger partial charge in [0.2, 0.25) is 0 Å². The van der Waals surface area contributed by atoms with Crippen molar-refractivity contribution in [2.24, 2.45) is 0 Å². The molecule has 32 heavy (non-hydrogen) atoms. The van der Waals surface area contributed by atoms with Gasteiger partial charge in [0.15, 0.2) is 0 Å². The van der Waals surface area contributed by atoms with E-state index in [2.05, 4.69) is 76.8 Å². The molecular weight excluding hydrogens is 400 g/mol. The maximum absolute atomic E-state index is 13.0. The molecule has 0 unspecified atom stereocenters. The molecule has 2 aliphatic rings. The van der Waals surface area contributed by atoms with Gasteiger partial charge in [0.1, 0.15) is 0 Å². The molecule has 2 fully saturated rings. The zero-order valence-corrected chi connectivity index (χ0v) is 21.3. The number of hydrogen-bond donors (Lipinski definition) is 4. The van der Waals surface area contributed by atoms with Crippen molar-refractivity contribution in [3.05, 3.63) is 35.4 Å². The van der Waals surface area contributed by atoms with Crippen LogP contribution in [0.5, 0.6) is 0 Å². The van der Waals surface area contributed by atoms with Crippen LogP contribution in [-0.4, -0.2) is 40.1 Å². The highest BCUT2D eigenvalue weighted by Gasteiger charge is 2.39. The van der Waals surface area contributed by atoms with Crippen molar-refractivity contribution < 1.29 is 11.1 Å². The van der Waals surface area contributed by atoms with E-state index >= 15 is 0 Å². The first kappa shape index (κ1) is 25.2. The van der Waals surface area contributed by atoms with Gasteiger partial charge in [-0.25, -0.2) is 0 Å². The number of carbonyl (C=O) groups is 1. The Bertz CT molecular complexity index is 790. The van der Waals surface area contributed by atoms with Crippen molar-refractivity contribution in [3.63, 3.8) is 0 Å². The Labute approximate surface area is 196 Å². The summed E-state index contributed by atoms with van der Waals surface area (Å²) in [4.78, 5) is 18.8. The second kappa shape index (κ2) is 9.05. The molecule has 6 nitrogen and oxygen atoms in total. The Hall–Kier alpha value is -1.47. The number of piperidine rings is 2. The molecular formula is C26H46N4O2. The molecule has 0 radical (unpaired) electrons. The Morgan fingerprint density at radius 1 is 0.906 bits per heavy atom. The molecule has 0 spiro atoms. The molecule has 4 N–H and O–H groups in total. The van der Waals surface area contributed by atoms with Crippen LogP contribution in [0, 0.1) is 0 Å². The second-order valence-electron chi connectivity index (χ2n) is 12.6. The van der Waals surface area contributed by atoms with Crippen LogP contribution < -0.4 is 21.4 Å². The maximum Gasteiger partial charge on any atom is 0.251 e. The van der Waals surface area contributed by atoms with Gasteiger partial charge in [0.25, 0.3) is 5.91 Å². The number of hydrogen-bond acceptors (Lipinski definition) is 5. The zero-order chi connectivity index (χ0) is 23.8. The van der Waals surface area contributed by atoms with Crippen molar-refractivity contribution in [2.75, 3.05) is 0 Å². The highest BCUT2D eigenvalue weighted by molar-refractivity contribution is 5.94. The van der Waals surface area contributed by atoms with Crippen LogP contribution in [0.25, 0.3) is 0 Å². The number of hydroxylamine groups is 1. The maximum atomic E-state index is 13.0. The summed E-state index contributed by atoms with van der Waals surface area (Å²) in [5.74, 6) is -0.0137. The van der Waals surface area contributed by atoms with Crippen molar-refractivity contribution in [1.29, 1.82) is 0 Å². The van der Waals surface area contributed by atoms with Crippen molar-refractivity contribution in [3.8, 4) is 0 Å². The predicted octanol–water partition coefficient (Wildman–Crippen LogP) is 4.30. The molecule has 2 saturated heterocycles. The normalized spacial score (nSPS) is 24.8. The fraction of sp³-hybridized carbons (Fsp3) is 0.731. The van der Waals surface area contributed by atoms with E-state index in [-0.39, 0.29) is 35.5 Å². The smallest absolute Gasteiger partial charge is 0.251 e. The molecule has 3 rings (SSSR count). The highest BCUT2D eigenvalue weighted by Crippen LogP contribution is 2.29. The standard InChI is InChI=1S/C26H44N4O2.H2/c1-23(2)13-20(14-24(3,4)29-23)27-22(31)19-11-9-10-18(12-19)17-32-28-21-15-25(5,6)30-26(7,8)16-21;/h9-12,20-21,28-30H,13-17H2,1-8H3,(H,27,31);1H. The molecule has 1 aromatic carbocycles. The van der Waals surface area contributed by atoms with Crippen LogP contribution in [0.3, 0.4) is 0 Å². The Balaban J connectivity index is 0.00000385. The number of amides is 1. The zero-order valence-electron chi connectivity index (χ0n) is 21.3. The molecule has 0 bridgehead atoms. The van der Waals surface area contributed by atoms with Gasteiger partial charge in [-0.3, -0.25) is 9.63 Å². The number of rotatable bonds is 6. The Morgan fingerprint density at radius 2 is 1.41 bits per heavy atom. The van der Waals surface area contributed by atoms with E-state index < -0.39 is 0 Å². The summed E-state index contributed by atoms with van der Waals surface area (Å²) in [6.45, 7) is 18.1. The summed E-state index contributed by atoms with van der Waals surface area (Å²) in [6, 6.07) is 8.19. The predicted molar refractivity (Wildman–Crippen MR) is 133 cm³/mol. The van der Waals surface area contributed by atoms with E-state index in [9.17, 15) is 4.79 Å². The van der Waals surface area contributed by atoms with E-state index in [1.54, 1.807) is 0 Å². The van der Waals surface area contributed by atoms with Crippen LogP contribution >= 0.6 is 0 Å². The SMILES string of the molecule is CC1(C)CC(NOCc2cccc(C(=O)NC3CC(C)(C)NC(C)(C)C3)c2)CC(C)(C)N1.[HH]. The fourth-order valence-electron chi connectivity index (χ4n) is 6.14. The molecule has 2 heterocycles. The Kier molecular flexibility index (Phi) is 7.12. The summed E-state index contributed by atoms with van der Waals surface area (Å²) < 4.78 is 0. The largest absolute Gasteiger partial charge is 0.349 e. The number of nitrogens with one attached hydrogen (secondary N) is 4. The van der Waals surface area contributed by atoms with Crippen LogP contribution in [-0.2, 0) is 11.4 Å². The van der Waals surface area contributed by atoms with Gasteiger partial charge in [-0.2, -0.15) is 5.48 Å². The molecule has 0 atom stereocenters. The average molecular weight is 447 g/mol. The van der Waals surface area contributed by atoms with Crippen LogP contribution in [0.1, 0.15) is 98.4 Å². The summed E-state index contributed by atoms with van der Waals surface area (Å²) in [7, 11) is 0. The Morgan fingerprint density at radius 3 is 1.94 bits per heavy atom. The average Bonchev–Trinajstić information content (AvgIpc) is 2.56. The minimum atomic E-state index is -0.0137. The van der Waals surface area contributed by atoms with Crippen LogP contribution in [0.2, 0.25) is 0 Å². The summed E-state index contributed by atoms with van der Waals surface area (Å²) in [6.07, 6.45) is 3.83. The summed E-state index contributed by atoms with van der Waals surface area (Å²) in [5, 5.41) is 10.6. The lowest BCUT2D eigenvalue weighted by Gasteiger charge is -2.46. The molecule has 1 amide bonds. The minimum Gasteiger partial charge on any atom is -0.349 e. The lowest BCUT2D eigenvalue weighted by molar-refractivity contribution is -0.0246. The van der Waals surface area contributed by atoms with Crippen molar-refractivity contribution in [2.45, 2.75) is 122 Å². The van der Waals surface area contributed by atoms with Crippen LogP contribution in [0.15, 0.2) is 24.3 Å². The van der Waals surface area contributed by atoms with Gasteiger partial charge in [-0.05, 0) is 98.8 Å². The van der Waals surface area contributed by atoms with E-state index in [0.717, 1.165) is 31.2 Å². The third-order valence-corrected chi connectivity index (χ3v) is 6.39. The van der Waals surface area contributed by atoms with Gasteiger partial charge in [-0.1, -0.05) is 12.1 Å².